The summed E-state index contributed by atoms with van der Waals surface area (Å²) in [5.41, 5.74) is 2.72. The maximum atomic E-state index is 12.2. The van der Waals surface area contributed by atoms with Crippen molar-refractivity contribution < 1.29 is 22.3 Å². The Labute approximate surface area is 152 Å². The average molecular weight is 380 g/mol. The minimum absolute atomic E-state index is 0.0832. The van der Waals surface area contributed by atoms with Gasteiger partial charge in [-0.3, -0.25) is 0 Å². The molecule has 4 nitrogen and oxygen atoms in total. The number of ether oxygens (including phenoxy) is 1. The third-order valence-electron chi connectivity index (χ3n) is 3.64. The number of aryl methyl sites for hydroxylation is 1. The third kappa shape index (κ3) is 4.57. The Morgan fingerprint density at radius 2 is 1.73 bits per heavy atom. The first-order chi connectivity index (χ1) is 12.3. The van der Waals surface area contributed by atoms with E-state index in [9.17, 15) is 13.2 Å². The summed E-state index contributed by atoms with van der Waals surface area (Å²) in [5.74, 6) is 0.185. The average Bonchev–Trinajstić information content (AvgIpc) is 3.02. The van der Waals surface area contributed by atoms with Crippen LogP contribution in [0.3, 0.4) is 0 Å². The van der Waals surface area contributed by atoms with E-state index in [2.05, 4.69) is 14.9 Å². The molecule has 26 heavy (non-hydrogen) atoms. The summed E-state index contributed by atoms with van der Waals surface area (Å²) in [6.45, 7) is 3.86. The Hall–Kier alpha value is -2.48. The SMILES string of the molecule is Cc1ccccc1-c1nnc(SC(C)c2ccc(OC(F)(F)F)cc2)o1. The van der Waals surface area contributed by atoms with Crippen LogP contribution in [0.1, 0.15) is 23.3 Å². The van der Waals surface area contributed by atoms with Gasteiger partial charge in [0, 0.05) is 10.8 Å². The minimum atomic E-state index is -4.70. The van der Waals surface area contributed by atoms with Crippen LogP contribution < -0.4 is 4.74 Å². The van der Waals surface area contributed by atoms with Gasteiger partial charge in [-0.05, 0) is 43.2 Å². The molecule has 1 unspecified atom stereocenters. The lowest BCUT2D eigenvalue weighted by atomic mass is 10.1. The van der Waals surface area contributed by atoms with Gasteiger partial charge in [0.1, 0.15) is 5.75 Å². The standard InChI is InChI=1S/C18H15F3N2O2S/c1-11-5-3-4-6-15(11)16-22-23-17(24-16)26-12(2)13-7-9-14(10-8-13)25-18(19,20)21/h3-10,12H,1-2H3. The van der Waals surface area contributed by atoms with E-state index in [1.165, 1.54) is 23.9 Å². The summed E-state index contributed by atoms with van der Waals surface area (Å²) in [4.78, 5) is 0. The first kappa shape index (κ1) is 18.3. The highest BCUT2D eigenvalue weighted by atomic mass is 32.2. The van der Waals surface area contributed by atoms with E-state index in [1.54, 1.807) is 12.1 Å². The number of halogens is 3. The van der Waals surface area contributed by atoms with Gasteiger partial charge >= 0.3 is 6.36 Å². The maximum absolute atomic E-state index is 12.2. The lowest BCUT2D eigenvalue weighted by Crippen LogP contribution is -2.17. The Morgan fingerprint density at radius 1 is 1.04 bits per heavy atom. The molecule has 0 spiro atoms. The molecular formula is C18H15F3N2O2S. The van der Waals surface area contributed by atoms with Gasteiger partial charge in [-0.15, -0.1) is 23.4 Å². The number of hydrogen-bond acceptors (Lipinski definition) is 5. The van der Waals surface area contributed by atoms with Crippen LogP contribution >= 0.6 is 11.8 Å². The fraction of sp³-hybridized carbons (Fsp3) is 0.222. The highest BCUT2D eigenvalue weighted by Gasteiger charge is 2.31. The van der Waals surface area contributed by atoms with Crippen molar-refractivity contribution in [2.24, 2.45) is 0 Å². The van der Waals surface area contributed by atoms with Gasteiger partial charge in [-0.2, -0.15) is 0 Å². The van der Waals surface area contributed by atoms with Gasteiger partial charge < -0.3 is 9.15 Å². The van der Waals surface area contributed by atoms with E-state index in [4.69, 9.17) is 4.42 Å². The molecule has 3 rings (SSSR count). The molecule has 0 saturated carbocycles. The molecule has 0 aliphatic carbocycles. The summed E-state index contributed by atoms with van der Waals surface area (Å²) in [7, 11) is 0. The largest absolute Gasteiger partial charge is 0.573 e. The minimum Gasteiger partial charge on any atom is -0.411 e. The zero-order chi connectivity index (χ0) is 18.7. The number of nitrogens with zero attached hydrogens (tertiary/aromatic N) is 2. The van der Waals surface area contributed by atoms with Gasteiger partial charge in [0.05, 0.1) is 0 Å². The molecule has 0 N–H and O–H groups in total. The highest BCUT2D eigenvalue weighted by molar-refractivity contribution is 7.99. The molecule has 0 saturated heterocycles. The summed E-state index contributed by atoms with van der Waals surface area (Å²) < 4.78 is 46.2. The van der Waals surface area contributed by atoms with E-state index in [0.717, 1.165) is 16.7 Å². The molecule has 0 amide bonds. The molecule has 0 aliphatic heterocycles. The van der Waals surface area contributed by atoms with Crippen molar-refractivity contribution >= 4 is 11.8 Å². The Bertz CT molecular complexity index is 879. The Morgan fingerprint density at radius 3 is 2.38 bits per heavy atom. The summed E-state index contributed by atoms with van der Waals surface area (Å²) >= 11 is 1.33. The van der Waals surface area contributed by atoms with E-state index < -0.39 is 6.36 Å². The van der Waals surface area contributed by atoms with Crippen molar-refractivity contribution in [2.45, 2.75) is 30.7 Å². The second-order valence-corrected chi connectivity index (χ2v) is 6.86. The van der Waals surface area contributed by atoms with Crippen molar-refractivity contribution in [3.63, 3.8) is 0 Å². The topological polar surface area (TPSA) is 48.2 Å². The molecule has 136 valence electrons. The van der Waals surface area contributed by atoms with E-state index >= 15 is 0 Å². The number of thioether (sulfide) groups is 1. The molecule has 1 heterocycles. The second-order valence-electron chi connectivity index (χ2n) is 5.56. The summed E-state index contributed by atoms with van der Waals surface area (Å²) in [6, 6.07) is 13.4. The van der Waals surface area contributed by atoms with Crippen LogP contribution in [0.15, 0.2) is 58.2 Å². The van der Waals surface area contributed by atoms with Crippen LogP contribution in [-0.4, -0.2) is 16.6 Å². The highest BCUT2D eigenvalue weighted by Crippen LogP contribution is 2.36. The van der Waals surface area contributed by atoms with E-state index in [0.29, 0.717) is 11.1 Å². The third-order valence-corrected chi connectivity index (χ3v) is 4.63. The number of aromatic nitrogens is 2. The van der Waals surface area contributed by atoms with Crippen LogP contribution in [-0.2, 0) is 0 Å². The van der Waals surface area contributed by atoms with Crippen molar-refractivity contribution in [1.82, 2.24) is 10.2 Å². The number of hydrogen-bond donors (Lipinski definition) is 0. The van der Waals surface area contributed by atoms with Crippen LogP contribution in [0.25, 0.3) is 11.5 Å². The summed E-state index contributed by atoms with van der Waals surface area (Å²) in [6.07, 6.45) is -4.70. The van der Waals surface area contributed by atoms with Crippen LogP contribution in [0.2, 0.25) is 0 Å². The predicted octanol–water partition coefficient (Wildman–Crippen LogP) is 5.80. The molecule has 1 aromatic heterocycles. The molecule has 3 aromatic rings. The number of rotatable bonds is 5. The van der Waals surface area contributed by atoms with Crippen LogP contribution in [0.5, 0.6) is 5.75 Å². The molecule has 0 fully saturated rings. The first-order valence-corrected chi connectivity index (χ1v) is 8.61. The van der Waals surface area contributed by atoms with Crippen molar-refractivity contribution in [3.8, 4) is 17.2 Å². The Balaban J connectivity index is 1.69. The number of benzene rings is 2. The van der Waals surface area contributed by atoms with Gasteiger partial charge in [0.25, 0.3) is 5.22 Å². The summed E-state index contributed by atoms with van der Waals surface area (Å²) in [5, 5.41) is 8.42. The van der Waals surface area contributed by atoms with Gasteiger partial charge in [0.15, 0.2) is 0 Å². The van der Waals surface area contributed by atoms with Gasteiger partial charge in [-0.1, -0.05) is 42.1 Å². The second kappa shape index (κ2) is 7.41. The monoisotopic (exact) mass is 380 g/mol. The molecular weight excluding hydrogens is 365 g/mol. The molecule has 8 heteroatoms. The molecule has 0 radical (unpaired) electrons. The maximum Gasteiger partial charge on any atom is 0.573 e. The van der Waals surface area contributed by atoms with Crippen LogP contribution in [0, 0.1) is 6.92 Å². The lowest BCUT2D eigenvalue weighted by Gasteiger charge is -2.11. The lowest BCUT2D eigenvalue weighted by molar-refractivity contribution is -0.274. The van der Waals surface area contributed by atoms with Crippen molar-refractivity contribution in [2.75, 3.05) is 0 Å². The van der Waals surface area contributed by atoms with Gasteiger partial charge in [-0.25, -0.2) is 0 Å². The van der Waals surface area contributed by atoms with Crippen molar-refractivity contribution in [3.05, 3.63) is 59.7 Å². The normalized spacial score (nSPS) is 12.8. The first-order valence-electron chi connectivity index (χ1n) is 7.74. The fourth-order valence-corrected chi connectivity index (χ4v) is 3.15. The van der Waals surface area contributed by atoms with Crippen LogP contribution in [0.4, 0.5) is 13.2 Å². The van der Waals surface area contributed by atoms with E-state index in [1.807, 2.05) is 38.1 Å². The quantitative estimate of drug-likeness (QED) is 0.524. The fourth-order valence-electron chi connectivity index (χ4n) is 2.34. The number of alkyl halides is 3. The molecule has 0 aliphatic rings. The van der Waals surface area contributed by atoms with E-state index in [-0.39, 0.29) is 11.0 Å². The Kier molecular flexibility index (Phi) is 5.22. The molecule has 1 atom stereocenters. The zero-order valence-electron chi connectivity index (χ0n) is 13.9. The smallest absolute Gasteiger partial charge is 0.411 e. The molecule has 2 aromatic carbocycles. The predicted molar refractivity (Wildman–Crippen MR) is 91.9 cm³/mol. The zero-order valence-corrected chi connectivity index (χ0v) is 14.8. The molecule has 0 bridgehead atoms. The van der Waals surface area contributed by atoms with Crippen molar-refractivity contribution in [1.29, 1.82) is 0 Å². The van der Waals surface area contributed by atoms with Gasteiger partial charge in [0.2, 0.25) is 5.89 Å².